The second-order valence-corrected chi connectivity index (χ2v) is 7.88. The Bertz CT molecular complexity index is 1450. The van der Waals surface area contributed by atoms with Crippen molar-refractivity contribution in [3.63, 3.8) is 0 Å². The lowest BCUT2D eigenvalue weighted by atomic mass is 10.1. The lowest BCUT2D eigenvalue weighted by Gasteiger charge is -2.14. The second kappa shape index (κ2) is 8.35. The summed E-state index contributed by atoms with van der Waals surface area (Å²) in [4.78, 5) is 20.8. The van der Waals surface area contributed by atoms with Crippen LogP contribution in [0, 0.1) is 11.6 Å². The third-order valence-electron chi connectivity index (χ3n) is 5.48. The van der Waals surface area contributed by atoms with Crippen molar-refractivity contribution in [1.82, 2.24) is 9.97 Å². The van der Waals surface area contributed by atoms with E-state index in [1.165, 1.54) is 6.07 Å². The number of nitrogens with zero attached hydrogens (tertiary/aromatic N) is 1. The molecule has 1 amide bonds. The third-order valence-corrected chi connectivity index (χ3v) is 5.48. The van der Waals surface area contributed by atoms with Crippen molar-refractivity contribution in [2.24, 2.45) is 0 Å². The number of H-pyrrole nitrogens is 1. The summed E-state index contributed by atoms with van der Waals surface area (Å²) < 4.78 is 26.7. The molecule has 0 saturated heterocycles. The minimum absolute atomic E-state index is 0.126. The number of carbonyl (C=O) groups excluding carboxylic acids is 1. The smallest absolute Gasteiger partial charge is 0.229 e. The maximum atomic E-state index is 13.5. The molecule has 7 heteroatoms. The number of benzene rings is 3. The second-order valence-electron chi connectivity index (χ2n) is 7.88. The summed E-state index contributed by atoms with van der Waals surface area (Å²) in [5.41, 5.74) is 3.52. The Hall–Kier alpha value is -4.26. The largest absolute Gasteiger partial charge is 0.508 e. The molecule has 1 heterocycles. The van der Waals surface area contributed by atoms with Gasteiger partial charge in [-0.1, -0.05) is 36.4 Å². The zero-order valence-corrected chi connectivity index (χ0v) is 17.4. The van der Waals surface area contributed by atoms with Crippen LogP contribution in [-0.4, -0.2) is 21.0 Å². The number of aromatic nitrogens is 2. The van der Waals surface area contributed by atoms with Crippen molar-refractivity contribution in [2.75, 3.05) is 5.32 Å². The highest BCUT2D eigenvalue weighted by molar-refractivity contribution is 6.01. The molecule has 1 aliphatic heterocycles. The maximum absolute atomic E-state index is 13.5. The van der Waals surface area contributed by atoms with Gasteiger partial charge in [-0.05, 0) is 52.9 Å². The van der Waals surface area contributed by atoms with Crippen LogP contribution in [-0.2, 0) is 17.6 Å². The summed E-state index contributed by atoms with van der Waals surface area (Å²) in [5.74, 6) is -1.84. The molecule has 3 aromatic carbocycles. The molecule has 0 radical (unpaired) electrons. The van der Waals surface area contributed by atoms with Gasteiger partial charge in [-0.3, -0.25) is 4.79 Å². The van der Waals surface area contributed by atoms with E-state index >= 15 is 0 Å². The van der Waals surface area contributed by atoms with Gasteiger partial charge in [-0.2, -0.15) is 0 Å². The third kappa shape index (κ3) is 4.25. The Labute approximate surface area is 188 Å². The first-order valence-corrected chi connectivity index (χ1v) is 10.4. The van der Waals surface area contributed by atoms with Gasteiger partial charge in [0, 0.05) is 11.8 Å². The summed E-state index contributed by atoms with van der Waals surface area (Å²) in [5, 5.41) is 14.4. The molecule has 164 valence electrons. The van der Waals surface area contributed by atoms with E-state index < -0.39 is 17.5 Å². The minimum atomic E-state index is -0.996. The first kappa shape index (κ1) is 20.6. The Kier molecular flexibility index (Phi) is 5.22. The number of nitrogens with one attached hydrogen (secondary N) is 2. The Morgan fingerprint density at radius 1 is 0.939 bits per heavy atom. The number of aromatic amines is 1. The Morgan fingerprint density at radius 3 is 2.55 bits per heavy atom. The quantitative estimate of drug-likeness (QED) is 0.339. The fraction of sp³-hybridized carbons (Fsp3) is 0.0769. The summed E-state index contributed by atoms with van der Waals surface area (Å²) in [6.45, 7) is 0. The van der Waals surface area contributed by atoms with Gasteiger partial charge in [-0.25, -0.2) is 13.8 Å². The molecule has 0 aromatic heterocycles. The first-order valence-electron chi connectivity index (χ1n) is 10.4. The molecule has 0 unspecified atom stereocenters. The zero-order chi connectivity index (χ0) is 22.9. The van der Waals surface area contributed by atoms with Gasteiger partial charge in [0.1, 0.15) is 5.75 Å². The molecule has 0 atom stereocenters. The topological polar surface area (TPSA) is 78.0 Å². The highest BCUT2D eigenvalue weighted by Gasteiger charge is 2.19. The number of carbonyl (C=O) groups is 1. The Morgan fingerprint density at radius 2 is 1.76 bits per heavy atom. The van der Waals surface area contributed by atoms with Crippen molar-refractivity contribution in [3.8, 4) is 17.1 Å². The summed E-state index contributed by atoms with van der Waals surface area (Å²) in [6.07, 6.45) is 0.369. The predicted molar refractivity (Wildman–Crippen MR) is 122 cm³/mol. The van der Waals surface area contributed by atoms with Gasteiger partial charge in [0.25, 0.3) is 0 Å². The van der Waals surface area contributed by atoms with E-state index in [0.29, 0.717) is 29.2 Å². The number of rotatable bonds is 5. The van der Waals surface area contributed by atoms with E-state index in [9.17, 15) is 18.7 Å². The zero-order valence-electron chi connectivity index (χ0n) is 17.4. The van der Waals surface area contributed by atoms with E-state index in [1.807, 2.05) is 42.5 Å². The highest BCUT2D eigenvalue weighted by atomic mass is 19.2. The maximum Gasteiger partial charge on any atom is 0.229 e. The lowest BCUT2D eigenvalue weighted by Crippen LogP contribution is -2.18. The molecular weight excluding hydrogens is 424 g/mol. The predicted octanol–water partition coefficient (Wildman–Crippen LogP) is 5.42. The van der Waals surface area contributed by atoms with Gasteiger partial charge in [0.05, 0.1) is 23.5 Å². The Balaban J connectivity index is 1.53. The fourth-order valence-electron chi connectivity index (χ4n) is 3.91. The molecule has 2 aliphatic rings. The van der Waals surface area contributed by atoms with Crippen molar-refractivity contribution >= 4 is 22.5 Å². The monoisotopic (exact) mass is 443 g/mol. The molecule has 0 saturated carbocycles. The molecule has 3 aromatic rings. The fourth-order valence-corrected chi connectivity index (χ4v) is 3.91. The molecule has 1 aliphatic carbocycles. The molecule has 0 bridgehead atoms. The minimum Gasteiger partial charge on any atom is -0.508 e. The van der Waals surface area contributed by atoms with Crippen LogP contribution < -0.4 is 5.32 Å². The van der Waals surface area contributed by atoms with Gasteiger partial charge in [0.2, 0.25) is 5.91 Å². The van der Waals surface area contributed by atoms with Crippen molar-refractivity contribution in [1.29, 1.82) is 0 Å². The van der Waals surface area contributed by atoms with Gasteiger partial charge in [0.15, 0.2) is 17.5 Å². The molecule has 3 N–H and O–H groups in total. The van der Waals surface area contributed by atoms with Crippen LogP contribution in [0.5, 0.6) is 5.75 Å². The lowest BCUT2D eigenvalue weighted by molar-refractivity contribution is -0.115. The number of halogens is 2. The number of anilines is 1. The van der Waals surface area contributed by atoms with E-state index in [-0.39, 0.29) is 12.2 Å². The van der Waals surface area contributed by atoms with Crippen molar-refractivity contribution < 1.29 is 18.7 Å². The van der Waals surface area contributed by atoms with E-state index in [2.05, 4.69) is 15.3 Å². The van der Waals surface area contributed by atoms with Crippen LogP contribution in [0.15, 0.2) is 72.8 Å². The number of hydrogen-bond acceptors (Lipinski definition) is 3. The van der Waals surface area contributed by atoms with Crippen LogP contribution in [0.3, 0.4) is 0 Å². The number of phenolic OH excluding ortho intramolecular Hbond substituents is 1. The molecule has 5 rings (SSSR count). The average Bonchev–Trinajstić information content (AvgIpc) is 3.13. The molecular formula is C26H19F2N3O2. The van der Waals surface area contributed by atoms with Crippen molar-refractivity contribution in [3.05, 3.63) is 101 Å². The number of phenols is 1. The number of aromatic hydroxyl groups is 1. The van der Waals surface area contributed by atoms with Crippen LogP contribution in [0.25, 0.3) is 22.2 Å². The SMILES string of the molecule is O=C(Cc1ccc(F)c(F)c1)Nc1nc2cc3cc(O)ccc3c-2[nH]c1Cc1ccccc1. The number of hydrogen-bond donors (Lipinski definition) is 3. The number of fused-ring (bicyclic) bond motifs is 3. The highest BCUT2D eigenvalue weighted by Crippen LogP contribution is 2.35. The van der Waals surface area contributed by atoms with Gasteiger partial charge >= 0.3 is 0 Å². The first-order chi connectivity index (χ1) is 16.0. The van der Waals surface area contributed by atoms with E-state index in [4.69, 9.17) is 0 Å². The average molecular weight is 443 g/mol. The molecule has 33 heavy (non-hydrogen) atoms. The molecule has 0 spiro atoms. The van der Waals surface area contributed by atoms with Crippen LogP contribution in [0.1, 0.15) is 16.8 Å². The van der Waals surface area contributed by atoms with Crippen molar-refractivity contribution in [2.45, 2.75) is 12.8 Å². The summed E-state index contributed by atoms with van der Waals surface area (Å²) >= 11 is 0. The molecule has 5 nitrogen and oxygen atoms in total. The van der Waals surface area contributed by atoms with E-state index in [1.54, 1.807) is 12.1 Å². The van der Waals surface area contributed by atoms with E-state index in [0.717, 1.165) is 34.2 Å². The molecule has 0 fully saturated rings. The normalized spacial score (nSPS) is 11.2. The number of amides is 1. The van der Waals surface area contributed by atoms with Crippen LogP contribution in [0.4, 0.5) is 14.6 Å². The summed E-state index contributed by atoms with van der Waals surface area (Å²) in [6, 6.07) is 20.1. The van der Waals surface area contributed by atoms with Crippen LogP contribution in [0.2, 0.25) is 0 Å². The standard InChI is InChI=1S/C26H19F2N3O2/c27-20-9-6-16(10-21(20)28)12-24(33)31-26-23(11-15-4-2-1-3-5-15)29-25-19-8-7-18(32)13-17(19)14-22(25)30-26/h1-10,13-14,29,32H,11-12H2,(H,31,33). The summed E-state index contributed by atoms with van der Waals surface area (Å²) in [7, 11) is 0. The van der Waals surface area contributed by atoms with Gasteiger partial charge < -0.3 is 15.4 Å². The van der Waals surface area contributed by atoms with Crippen LogP contribution >= 0.6 is 0 Å². The van der Waals surface area contributed by atoms with Gasteiger partial charge in [-0.15, -0.1) is 0 Å².